The molecule has 1 aromatic heterocycles. The van der Waals surface area contributed by atoms with Crippen molar-refractivity contribution in [3.05, 3.63) is 48.0 Å². The molecule has 128 valence electrons. The molecule has 1 N–H and O–H groups in total. The normalized spacial score (nSPS) is 12.9. The molecule has 0 atom stereocenters. The highest BCUT2D eigenvalue weighted by Gasteiger charge is 2.16. The van der Waals surface area contributed by atoms with Gasteiger partial charge in [0, 0.05) is 29.6 Å². The van der Waals surface area contributed by atoms with Gasteiger partial charge in [0.1, 0.15) is 36.9 Å². The first-order chi connectivity index (χ1) is 12.2. The van der Waals surface area contributed by atoms with Crippen molar-refractivity contribution < 1.29 is 18.6 Å². The topological polar surface area (TPSA) is 65.5 Å². The lowest BCUT2D eigenvalue weighted by Gasteiger charge is -2.21. The van der Waals surface area contributed by atoms with Gasteiger partial charge in [0.05, 0.1) is 12.6 Å². The molecule has 1 aliphatic rings. The van der Waals surface area contributed by atoms with Crippen LogP contribution in [0.15, 0.2) is 36.7 Å². The SMILES string of the molecule is COc1cc2c(cc1CNc1ncnc3cc(F)ccc13)OCCO2. The molecule has 25 heavy (non-hydrogen) atoms. The van der Waals surface area contributed by atoms with Gasteiger partial charge in [-0.1, -0.05) is 0 Å². The second kappa shape index (κ2) is 6.43. The van der Waals surface area contributed by atoms with Gasteiger partial charge in [-0.25, -0.2) is 14.4 Å². The van der Waals surface area contributed by atoms with E-state index in [4.69, 9.17) is 14.2 Å². The zero-order chi connectivity index (χ0) is 17.2. The summed E-state index contributed by atoms with van der Waals surface area (Å²) in [5.74, 6) is 2.36. The van der Waals surface area contributed by atoms with E-state index in [1.807, 2.05) is 12.1 Å². The molecule has 6 nitrogen and oxygen atoms in total. The highest BCUT2D eigenvalue weighted by Crippen LogP contribution is 2.37. The summed E-state index contributed by atoms with van der Waals surface area (Å²) in [7, 11) is 1.61. The number of nitrogens with zero attached hydrogens (tertiary/aromatic N) is 2. The number of benzene rings is 2. The summed E-state index contributed by atoms with van der Waals surface area (Å²) < 4.78 is 30.0. The van der Waals surface area contributed by atoms with E-state index in [1.165, 1.54) is 18.5 Å². The van der Waals surface area contributed by atoms with Gasteiger partial charge in [-0.3, -0.25) is 0 Å². The van der Waals surface area contributed by atoms with Crippen molar-refractivity contribution in [3.63, 3.8) is 0 Å². The van der Waals surface area contributed by atoms with Crippen LogP contribution in [-0.4, -0.2) is 30.3 Å². The van der Waals surface area contributed by atoms with Gasteiger partial charge in [0.15, 0.2) is 11.5 Å². The van der Waals surface area contributed by atoms with E-state index in [-0.39, 0.29) is 5.82 Å². The van der Waals surface area contributed by atoms with Crippen molar-refractivity contribution in [3.8, 4) is 17.2 Å². The smallest absolute Gasteiger partial charge is 0.165 e. The van der Waals surface area contributed by atoms with E-state index in [9.17, 15) is 4.39 Å². The van der Waals surface area contributed by atoms with Gasteiger partial charge < -0.3 is 19.5 Å². The summed E-state index contributed by atoms with van der Waals surface area (Å²) >= 11 is 0. The molecule has 0 unspecified atom stereocenters. The largest absolute Gasteiger partial charge is 0.496 e. The number of fused-ring (bicyclic) bond motifs is 2. The Labute approximate surface area is 143 Å². The lowest BCUT2D eigenvalue weighted by Crippen LogP contribution is -2.16. The van der Waals surface area contributed by atoms with Gasteiger partial charge in [0.25, 0.3) is 0 Å². The predicted molar refractivity (Wildman–Crippen MR) is 90.8 cm³/mol. The summed E-state index contributed by atoms with van der Waals surface area (Å²) in [6, 6.07) is 8.14. The van der Waals surface area contributed by atoms with E-state index < -0.39 is 0 Å². The van der Waals surface area contributed by atoms with Crippen LogP contribution in [0.3, 0.4) is 0 Å². The first-order valence-electron chi connectivity index (χ1n) is 7.85. The quantitative estimate of drug-likeness (QED) is 0.786. The van der Waals surface area contributed by atoms with Gasteiger partial charge in [-0.15, -0.1) is 0 Å². The van der Waals surface area contributed by atoms with Crippen LogP contribution in [0.5, 0.6) is 17.2 Å². The third kappa shape index (κ3) is 3.00. The highest BCUT2D eigenvalue weighted by atomic mass is 19.1. The Bertz CT molecular complexity index is 933. The minimum atomic E-state index is -0.328. The van der Waals surface area contributed by atoms with Crippen LogP contribution in [-0.2, 0) is 6.54 Å². The number of nitrogens with one attached hydrogen (secondary N) is 1. The first-order valence-corrected chi connectivity index (χ1v) is 7.85. The molecule has 1 aliphatic heterocycles. The molecule has 0 radical (unpaired) electrons. The predicted octanol–water partition coefficient (Wildman–Crippen LogP) is 3.16. The van der Waals surface area contributed by atoms with Crippen LogP contribution in [0.2, 0.25) is 0 Å². The van der Waals surface area contributed by atoms with Crippen molar-refractivity contribution in [1.29, 1.82) is 0 Å². The monoisotopic (exact) mass is 341 g/mol. The van der Waals surface area contributed by atoms with Crippen molar-refractivity contribution in [2.24, 2.45) is 0 Å². The minimum Gasteiger partial charge on any atom is -0.496 e. The molecule has 0 amide bonds. The summed E-state index contributed by atoms with van der Waals surface area (Å²) in [5, 5.41) is 4.01. The fraction of sp³-hybridized carbons (Fsp3) is 0.222. The van der Waals surface area contributed by atoms with Crippen molar-refractivity contribution in [2.75, 3.05) is 25.6 Å². The third-order valence-electron chi connectivity index (χ3n) is 3.99. The average molecular weight is 341 g/mol. The maximum absolute atomic E-state index is 13.4. The van der Waals surface area contributed by atoms with Crippen LogP contribution in [0.4, 0.5) is 10.2 Å². The summed E-state index contributed by atoms with van der Waals surface area (Å²) in [5.41, 5.74) is 1.45. The maximum Gasteiger partial charge on any atom is 0.165 e. The van der Waals surface area contributed by atoms with E-state index in [0.29, 0.717) is 48.3 Å². The van der Waals surface area contributed by atoms with Crippen LogP contribution >= 0.6 is 0 Å². The number of anilines is 1. The first kappa shape index (κ1) is 15.4. The highest BCUT2D eigenvalue weighted by molar-refractivity contribution is 5.88. The molecular weight excluding hydrogens is 325 g/mol. The van der Waals surface area contributed by atoms with E-state index in [1.54, 1.807) is 13.2 Å². The molecule has 2 aromatic carbocycles. The fourth-order valence-electron chi connectivity index (χ4n) is 2.79. The number of aromatic nitrogens is 2. The minimum absolute atomic E-state index is 0.328. The van der Waals surface area contributed by atoms with Crippen LogP contribution < -0.4 is 19.5 Å². The molecule has 0 aliphatic carbocycles. The molecule has 0 bridgehead atoms. The molecule has 0 saturated heterocycles. The second-order valence-electron chi connectivity index (χ2n) is 5.55. The Morgan fingerprint density at radius 2 is 1.92 bits per heavy atom. The molecule has 7 heteroatoms. The van der Waals surface area contributed by atoms with Crippen molar-refractivity contribution in [2.45, 2.75) is 6.54 Å². The van der Waals surface area contributed by atoms with Crippen LogP contribution in [0.1, 0.15) is 5.56 Å². The van der Waals surface area contributed by atoms with E-state index in [0.717, 1.165) is 10.9 Å². The molecule has 0 fully saturated rings. The maximum atomic E-state index is 13.4. The van der Waals surface area contributed by atoms with Crippen LogP contribution in [0.25, 0.3) is 10.9 Å². The number of rotatable bonds is 4. The second-order valence-corrected chi connectivity index (χ2v) is 5.55. The zero-order valence-corrected chi connectivity index (χ0v) is 13.6. The Hall–Kier alpha value is -3.09. The van der Waals surface area contributed by atoms with Gasteiger partial charge in [0.2, 0.25) is 0 Å². The number of halogens is 1. The Balaban J connectivity index is 1.63. The zero-order valence-electron chi connectivity index (χ0n) is 13.6. The summed E-state index contributed by atoms with van der Waals surface area (Å²) in [6.07, 6.45) is 1.41. The third-order valence-corrected chi connectivity index (χ3v) is 3.99. The van der Waals surface area contributed by atoms with Crippen molar-refractivity contribution in [1.82, 2.24) is 9.97 Å². The number of methoxy groups -OCH3 is 1. The Kier molecular flexibility index (Phi) is 3.97. The lowest BCUT2D eigenvalue weighted by atomic mass is 10.1. The molecule has 0 saturated carbocycles. The number of hydrogen-bond donors (Lipinski definition) is 1. The Morgan fingerprint density at radius 3 is 2.72 bits per heavy atom. The van der Waals surface area contributed by atoms with Gasteiger partial charge >= 0.3 is 0 Å². The molecule has 2 heterocycles. The van der Waals surface area contributed by atoms with Gasteiger partial charge in [-0.2, -0.15) is 0 Å². The number of ether oxygens (including phenoxy) is 3. The molecule has 4 rings (SSSR count). The molecule has 3 aromatic rings. The standard InChI is InChI=1S/C18H16FN3O3/c1-23-15-8-17-16(24-4-5-25-17)6-11(15)9-20-18-13-3-2-12(19)7-14(13)21-10-22-18/h2-3,6-8,10H,4-5,9H2,1H3,(H,20,21,22). The molecular formula is C18H16FN3O3. The fourth-order valence-corrected chi connectivity index (χ4v) is 2.79. The summed E-state index contributed by atoms with van der Waals surface area (Å²) in [4.78, 5) is 8.35. The average Bonchev–Trinajstić information content (AvgIpc) is 2.65. The van der Waals surface area contributed by atoms with Crippen LogP contribution in [0, 0.1) is 5.82 Å². The van der Waals surface area contributed by atoms with Gasteiger partial charge in [-0.05, 0) is 18.2 Å². The van der Waals surface area contributed by atoms with Crippen molar-refractivity contribution >= 4 is 16.7 Å². The van der Waals surface area contributed by atoms with E-state index in [2.05, 4.69) is 15.3 Å². The summed E-state index contributed by atoms with van der Waals surface area (Å²) in [6.45, 7) is 1.51. The lowest BCUT2D eigenvalue weighted by molar-refractivity contribution is 0.170. The molecule has 0 spiro atoms. The van der Waals surface area contributed by atoms with E-state index >= 15 is 0 Å². The Morgan fingerprint density at radius 1 is 1.12 bits per heavy atom. The number of hydrogen-bond acceptors (Lipinski definition) is 6.